The van der Waals surface area contributed by atoms with Gasteiger partial charge in [0.1, 0.15) is 17.2 Å². The Balaban J connectivity index is 1.93. The van der Waals surface area contributed by atoms with Crippen LogP contribution in [-0.2, 0) is 0 Å². The van der Waals surface area contributed by atoms with Gasteiger partial charge >= 0.3 is 0 Å². The van der Waals surface area contributed by atoms with E-state index in [4.69, 9.17) is 4.74 Å². The first kappa shape index (κ1) is 12.9. The van der Waals surface area contributed by atoms with Crippen molar-refractivity contribution in [1.29, 1.82) is 0 Å². The Morgan fingerprint density at radius 1 is 1.20 bits per heavy atom. The molecule has 0 saturated heterocycles. The molecule has 1 aliphatic heterocycles. The van der Waals surface area contributed by atoms with Crippen LogP contribution >= 0.6 is 0 Å². The van der Waals surface area contributed by atoms with Crippen LogP contribution in [0, 0.1) is 5.95 Å². The molecule has 4 heteroatoms. The third-order valence-electron chi connectivity index (χ3n) is 3.41. The van der Waals surface area contributed by atoms with Crippen molar-refractivity contribution in [2.75, 3.05) is 5.32 Å². The van der Waals surface area contributed by atoms with E-state index in [2.05, 4.69) is 24.1 Å². The summed E-state index contributed by atoms with van der Waals surface area (Å²) < 4.78 is 19.2. The zero-order valence-electron chi connectivity index (χ0n) is 11.6. The Morgan fingerprint density at radius 3 is 2.80 bits per heavy atom. The first-order chi connectivity index (χ1) is 9.53. The lowest BCUT2D eigenvalue weighted by Crippen LogP contribution is -2.37. The van der Waals surface area contributed by atoms with Crippen LogP contribution in [0.1, 0.15) is 31.9 Å². The average Bonchev–Trinajstić information content (AvgIpc) is 2.37. The molecule has 2 aromatic rings. The highest BCUT2D eigenvalue weighted by Crippen LogP contribution is 2.40. The number of hydrogen-bond acceptors (Lipinski definition) is 3. The van der Waals surface area contributed by atoms with Crippen molar-refractivity contribution in [2.24, 2.45) is 0 Å². The summed E-state index contributed by atoms with van der Waals surface area (Å²) in [6.07, 6.45) is 0.794. The third kappa shape index (κ3) is 2.59. The number of rotatable bonds is 2. The molecule has 104 valence electrons. The van der Waals surface area contributed by atoms with E-state index in [1.807, 2.05) is 24.3 Å². The van der Waals surface area contributed by atoms with Crippen molar-refractivity contribution >= 4 is 5.82 Å². The molecule has 0 saturated carbocycles. The predicted octanol–water partition coefficient (Wildman–Crippen LogP) is 3.94. The molecule has 1 aromatic carbocycles. The monoisotopic (exact) mass is 272 g/mol. The van der Waals surface area contributed by atoms with Gasteiger partial charge in [-0.1, -0.05) is 24.3 Å². The van der Waals surface area contributed by atoms with Gasteiger partial charge in [-0.25, -0.2) is 4.98 Å². The summed E-state index contributed by atoms with van der Waals surface area (Å²) in [5, 5.41) is 3.30. The third-order valence-corrected chi connectivity index (χ3v) is 3.41. The minimum absolute atomic E-state index is 0.0595. The lowest BCUT2D eigenvalue weighted by atomic mass is 9.90. The Labute approximate surface area is 117 Å². The van der Waals surface area contributed by atoms with Gasteiger partial charge in [0.2, 0.25) is 5.95 Å². The molecule has 1 unspecified atom stereocenters. The maximum Gasteiger partial charge on any atom is 0.214 e. The van der Waals surface area contributed by atoms with Crippen LogP contribution in [0.25, 0.3) is 0 Å². The zero-order chi connectivity index (χ0) is 14.2. The number of nitrogens with one attached hydrogen (secondary N) is 1. The van der Waals surface area contributed by atoms with Gasteiger partial charge in [0, 0.05) is 12.0 Å². The van der Waals surface area contributed by atoms with E-state index in [1.165, 1.54) is 6.07 Å². The topological polar surface area (TPSA) is 34.2 Å². The zero-order valence-corrected chi connectivity index (χ0v) is 11.6. The summed E-state index contributed by atoms with van der Waals surface area (Å²) in [7, 11) is 0. The predicted molar refractivity (Wildman–Crippen MR) is 76.3 cm³/mol. The lowest BCUT2D eigenvalue weighted by molar-refractivity contribution is 0.0758. The molecule has 2 heterocycles. The number of anilines is 1. The molecule has 1 N–H and O–H groups in total. The molecule has 0 radical (unpaired) electrons. The molecule has 20 heavy (non-hydrogen) atoms. The summed E-state index contributed by atoms with van der Waals surface area (Å²) in [5.41, 5.74) is 0.817. The summed E-state index contributed by atoms with van der Waals surface area (Å²) in [4.78, 5) is 3.87. The highest BCUT2D eigenvalue weighted by Gasteiger charge is 2.33. The number of halogens is 1. The number of benzene rings is 1. The first-order valence-corrected chi connectivity index (χ1v) is 6.70. The SMILES string of the molecule is CC1(C)CC(Nc2cccc(F)n2)c2ccccc2O1. The lowest BCUT2D eigenvalue weighted by Gasteiger charge is -2.38. The van der Waals surface area contributed by atoms with E-state index >= 15 is 0 Å². The van der Waals surface area contributed by atoms with E-state index in [1.54, 1.807) is 12.1 Å². The second-order valence-electron chi connectivity index (χ2n) is 5.65. The molecule has 0 bridgehead atoms. The number of fused-ring (bicyclic) bond motifs is 1. The van der Waals surface area contributed by atoms with Crippen LogP contribution < -0.4 is 10.1 Å². The van der Waals surface area contributed by atoms with Crippen molar-refractivity contribution in [2.45, 2.75) is 31.9 Å². The van der Waals surface area contributed by atoms with Gasteiger partial charge in [0.25, 0.3) is 0 Å². The standard InChI is InChI=1S/C16H17FN2O/c1-16(2)10-12(11-6-3-4-7-13(11)20-16)18-15-9-5-8-14(17)19-15/h3-9,12H,10H2,1-2H3,(H,18,19). The number of para-hydroxylation sites is 1. The summed E-state index contributed by atoms with van der Waals surface area (Å²) in [5.74, 6) is 0.940. The van der Waals surface area contributed by atoms with Crippen LogP contribution in [0.5, 0.6) is 5.75 Å². The second kappa shape index (κ2) is 4.78. The van der Waals surface area contributed by atoms with Gasteiger partial charge in [0.05, 0.1) is 6.04 Å². The van der Waals surface area contributed by atoms with Gasteiger partial charge in [-0.05, 0) is 32.0 Å². The Bertz CT molecular complexity index is 627. The molecule has 0 spiro atoms. The molecule has 1 aromatic heterocycles. The summed E-state index contributed by atoms with van der Waals surface area (Å²) in [6.45, 7) is 4.10. The molecule has 0 amide bonds. The molecule has 1 atom stereocenters. The molecule has 0 fully saturated rings. The molecule has 3 rings (SSSR count). The molecule has 0 aliphatic carbocycles. The molecular formula is C16H17FN2O. The fraction of sp³-hybridized carbons (Fsp3) is 0.312. The van der Waals surface area contributed by atoms with Crippen LogP contribution in [0.4, 0.5) is 10.2 Å². The van der Waals surface area contributed by atoms with Gasteiger partial charge in [0.15, 0.2) is 0 Å². The van der Waals surface area contributed by atoms with E-state index in [0.717, 1.165) is 17.7 Å². The maximum atomic E-state index is 13.2. The average molecular weight is 272 g/mol. The Morgan fingerprint density at radius 2 is 2.00 bits per heavy atom. The Hall–Kier alpha value is -2.10. The molecule has 3 nitrogen and oxygen atoms in total. The minimum Gasteiger partial charge on any atom is -0.487 e. The summed E-state index contributed by atoms with van der Waals surface area (Å²) in [6, 6.07) is 12.8. The van der Waals surface area contributed by atoms with Crippen molar-refractivity contribution < 1.29 is 9.13 Å². The number of pyridine rings is 1. The van der Waals surface area contributed by atoms with Crippen LogP contribution in [0.3, 0.4) is 0 Å². The molecular weight excluding hydrogens is 255 g/mol. The number of aromatic nitrogens is 1. The van der Waals surface area contributed by atoms with Crippen LogP contribution in [0.2, 0.25) is 0 Å². The fourth-order valence-electron chi connectivity index (χ4n) is 2.60. The second-order valence-corrected chi connectivity index (χ2v) is 5.65. The number of nitrogens with zero attached hydrogens (tertiary/aromatic N) is 1. The van der Waals surface area contributed by atoms with E-state index in [9.17, 15) is 4.39 Å². The highest BCUT2D eigenvalue weighted by molar-refractivity contribution is 5.45. The van der Waals surface area contributed by atoms with Crippen molar-refractivity contribution in [3.05, 3.63) is 54.0 Å². The van der Waals surface area contributed by atoms with E-state index in [-0.39, 0.29) is 11.6 Å². The minimum atomic E-state index is -0.477. The Kier molecular flexibility index (Phi) is 3.08. The number of ether oxygens (including phenoxy) is 1. The van der Waals surface area contributed by atoms with Gasteiger partial charge in [-0.15, -0.1) is 0 Å². The van der Waals surface area contributed by atoms with Gasteiger partial charge in [-0.2, -0.15) is 4.39 Å². The van der Waals surface area contributed by atoms with Gasteiger partial charge < -0.3 is 10.1 Å². The van der Waals surface area contributed by atoms with Crippen molar-refractivity contribution in [1.82, 2.24) is 4.98 Å². The quantitative estimate of drug-likeness (QED) is 0.841. The fourth-order valence-corrected chi connectivity index (χ4v) is 2.60. The van der Waals surface area contributed by atoms with Gasteiger partial charge in [-0.3, -0.25) is 0 Å². The van der Waals surface area contributed by atoms with E-state index < -0.39 is 5.95 Å². The van der Waals surface area contributed by atoms with Crippen molar-refractivity contribution in [3.8, 4) is 5.75 Å². The largest absolute Gasteiger partial charge is 0.487 e. The van der Waals surface area contributed by atoms with Crippen LogP contribution in [-0.4, -0.2) is 10.6 Å². The van der Waals surface area contributed by atoms with Crippen molar-refractivity contribution in [3.63, 3.8) is 0 Å². The van der Waals surface area contributed by atoms with Crippen LogP contribution in [0.15, 0.2) is 42.5 Å². The number of hydrogen-bond donors (Lipinski definition) is 1. The first-order valence-electron chi connectivity index (χ1n) is 6.70. The summed E-state index contributed by atoms with van der Waals surface area (Å²) >= 11 is 0. The smallest absolute Gasteiger partial charge is 0.214 e. The molecule has 1 aliphatic rings. The van der Waals surface area contributed by atoms with E-state index in [0.29, 0.717) is 5.82 Å². The highest BCUT2D eigenvalue weighted by atomic mass is 19.1. The maximum absolute atomic E-state index is 13.2. The normalized spacial score (nSPS) is 19.9.